The van der Waals surface area contributed by atoms with Crippen LogP contribution in [0.4, 0.5) is 10.5 Å². The molecule has 0 aromatic heterocycles. The molecule has 2 aliphatic rings. The van der Waals surface area contributed by atoms with Gasteiger partial charge in [-0.25, -0.2) is 4.79 Å². The van der Waals surface area contributed by atoms with Gasteiger partial charge in [0.25, 0.3) is 0 Å². The lowest BCUT2D eigenvalue weighted by atomic mass is 9.74. The van der Waals surface area contributed by atoms with Gasteiger partial charge in [0.15, 0.2) is 0 Å². The van der Waals surface area contributed by atoms with E-state index >= 15 is 0 Å². The minimum atomic E-state index is -0.590. The van der Waals surface area contributed by atoms with Gasteiger partial charge in [0.2, 0.25) is 5.91 Å². The summed E-state index contributed by atoms with van der Waals surface area (Å²) >= 11 is 0. The third-order valence-electron chi connectivity index (χ3n) is 5.25. The zero-order chi connectivity index (χ0) is 18.9. The zero-order valence-corrected chi connectivity index (χ0v) is 16.1. The minimum Gasteiger partial charge on any atom is -0.444 e. The number of rotatable bonds is 2. The lowest BCUT2D eigenvalue weighted by molar-refractivity contribution is -0.134. The Labute approximate surface area is 155 Å². The molecule has 0 bridgehead atoms. The van der Waals surface area contributed by atoms with E-state index in [0.717, 1.165) is 19.4 Å². The highest BCUT2D eigenvalue weighted by molar-refractivity contribution is 5.85. The summed E-state index contributed by atoms with van der Waals surface area (Å²) in [6, 6.07) is 7.85. The highest BCUT2D eigenvalue weighted by Gasteiger charge is 2.42. The predicted octanol–water partition coefficient (Wildman–Crippen LogP) is 2.89. The molecule has 1 saturated heterocycles. The lowest BCUT2D eigenvalue weighted by Crippen LogP contribution is -2.52. The number of piperidine rings is 1. The number of likely N-dealkylation sites (tertiary alicyclic amines) is 1. The molecule has 0 radical (unpaired) electrons. The van der Waals surface area contributed by atoms with Crippen LogP contribution in [-0.4, -0.2) is 48.2 Å². The molecule has 1 fully saturated rings. The summed E-state index contributed by atoms with van der Waals surface area (Å²) in [6.07, 6.45) is 1.31. The zero-order valence-electron chi connectivity index (χ0n) is 16.1. The number of hydrogen-bond donors (Lipinski definition) is 2. The van der Waals surface area contributed by atoms with Gasteiger partial charge in [-0.3, -0.25) is 4.79 Å². The molecular formula is C20H29N3O3. The monoisotopic (exact) mass is 359 g/mol. The topological polar surface area (TPSA) is 70.7 Å². The highest BCUT2D eigenvalue weighted by atomic mass is 16.6. The fraction of sp³-hybridized carbons (Fsp3) is 0.600. The number of ether oxygens (including phenoxy) is 1. The van der Waals surface area contributed by atoms with Crippen molar-refractivity contribution in [2.24, 2.45) is 0 Å². The summed E-state index contributed by atoms with van der Waals surface area (Å²) in [6.45, 7) is 9.46. The molecule has 2 aliphatic heterocycles. The van der Waals surface area contributed by atoms with Gasteiger partial charge in [0.05, 0.1) is 0 Å². The van der Waals surface area contributed by atoms with Crippen molar-refractivity contribution >= 4 is 17.7 Å². The first-order valence-corrected chi connectivity index (χ1v) is 9.32. The number of nitrogens with zero attached hydrogens (tertiary/aromatic N) is 1. The molecular weight excluding hydrogens is 330 g/mol. The average Bonchev–Trinajstić information content (AvgIpc) is 2.92. The molecule has 3 rings (SSSR count). The summed E-state index contributed by atoms with van der Waals surface area (Å²) in [7, 11) is 0. The SMILES string of the molecule is CC(NC(=O)OC(C)(C)C)C(=O)N1CCC2(CC1)CNc1ccccc12. The smallest absolute Gasteiger partial charge is 0.408 e. The van der Waals surface area contributed by atoms with Crippen molar-refractivity contribution in [3.63, 3.8) is 0 Å². The number of carbonyl (C=O) groups is 2. The third kappa shape index (κ3) is 3.79. The van der Waals surface area contributed by atoms with Crippen molar-refractivity contribution < 1.29 is 14.3 Å². The van der Waals surface area contributed by atoms with E-state index in [1.807, 2.05) is 11.0 Å². The van der Waals surface area contributed by atoms with E-state index in [4.69, 9.17) is 4.74 Å². The summed E-state index contributed by atoms with van der Waals surface area (Å²) in [5.74, 6) is -0.0510. The Hall–Kier alpha value is -2.24. The molecule has 142 valence electrons. The number of hydrogen-bond acceptors (Lipinski definition) is 4. The molecule has 0 saturated carbocycles. The number of alkyl carbamates (subject to hydrolysis) is 1. The van der Waals surface area contributed by atoms with Crippen LogP contribution in [0.2, 0.25) is 0 Å². The molecule has 6 heteroatoms. The van der Waals surface area contributed by atoms with E-state index < -0.39 is 17.7 Å². The minimum absolute atomic E-state index is 0.0510. The number of fused-ring (bicyclic) bond motifs is 2. The molecule has 2 amide bonds. The van der Waals surface area contributed by atoms with Crippen LogP contribution in [0.25, 0.3) is 0 Å². The maximum atomic E-state index is 12.7. The number of amides is 2. The van der Waals surface area contributed by atoms with E-state index in [-0.39, 0.29) is 11.3 Å². The normalized spacial score (nSPS) is 19.5. The Morgan fingerprint density at radius 2 is 1.88 bits per heavy atom. The van der Waals surface area contributed by atoms with Gasteiger partial charge in [0.1, 0.15) is 11.6 Å². The first-order valence-electron chi connectivity index (χ1n) is 9.32. The maximum Gasteiger partial charge on any atom is 0.408 e. The quantitative estimate of drug-likeness (QED) is 0.852. The van der Waals surface area contributed by atoms with Crippen molar-refractivity contribution in [1.82, 2.24) is 10.2 Å². The Morgan fingerprint density at radius 1 is 1.23 bits per heavy atom. The van der Waals surface area contributed by atoms with Gasteiger partial charge in [-0.15, -0.1) is 0 Å². The van der Waals surface area contributed by atoms with Crippen LogP contribution in [0, 0.1) is 0 Å². The summed E-state index contributed by atoms with van der Waals surface area (Å²) < 4.78 is 5.23. The molecule has 26 heavy (non-hydrogen) atoms. The van der Waals surface area contributed by atoms with Crippen LogP contribution in [0.1, 0.15) is 46.1 Å². The molecule has 6 nitrogen and oxygen atoms in total. The summed E-state index contributed by atoms with van der Waals surface area (Å²) in [5.41, 5.74) is 2.13. The van der Waals surface area contributed by atoms with E-state index in [9.17, 15) is 9.59 Å². The first-order chi connectivity index (χ1) is 12.2. The van der Waals surface area contributed by atoms with Crippen LogP contribution >= 0.6 is 0 Å². The Kier molecular flexibility index (Phi) is 4.86. The third-order valence-corrected chi connectivity index (χ3v) is 5.25. The van der Waals surface area contributed by atoms with Crippen LogP contribution in [0.3, 0.4) is 0 Å². The first kappa shape index (κ1) is 18.5. The molecule has 1 aromatic rings. The van der Waals surface area contributed by atoms with E-state index in [1.165, 1.54) is 11.3 Å². The standard InChI is InChI=1S/C20H29N3O3/c1-14(22-18(25)26-19(2,3)4)17(24)23-11-9-20(10-12-23)13-21-16-8-6-5-7-15(16)20/h5-8,14,21H,9-13H2,1-4H3,(H,22,25). The second-order valence-corrected chi connectivity index (χ2v) is 8.37. The Bertz CT molecular complexity index is 688. The highest BCUT2D eigenvalue weighted by Crippen LogP contribution is 2.43. The van der Waals surface area contributed by atoms with E-state index in [2.05, 4.69) is 28.8 Å². The van der Waals surface area contributed by atoms with Crippen molar-refractivity contribution in [3.05, 3.63) is 29.8 Å². The number of para-hydroxylation sites is 1. The number of nitrogens with one attached hydrogen (secondary N) is 2. The molecule has 1 aromatic carbocycles. The number of anilines is 1. The second kappa shape index (κ2) is 6.82. The van der Waals surface area contributed by atoms with Gasteiger partial charge in [-0.05, 0) is 52.2 Å². The fourth-order valence-corrected chi connectivity index (χ4v) is 3.88. The summed E-state index contributed by atoms with van der Waals surface area (Å²) in [5, 5.41) is 6.14. The molecule has 2 heterocycles. The molecule has 0 aliphatic carbocycles. The van der Waals surface area contributed by atoms with Crippen LogP contribution in [0.15, 0.2) is 24.3 Å². The fourth-order valence-electron chi connectivity index (χ4n) is 3.88. The predicted molar refractivity (Wildman–Crippen MR) is 101 cm³/mol. The van der Waals surface area contributed by atoms with Crippen LogP contribution in [0.5, 0.6) is 0 Å². The molecule has 2 N–H and O–H groups in total. The van der Waals surface area contributed by atoms with Crippen molar-refractivity contribution in [1.29, 1.82) is 0 Å². The van der Waals surface area contributed by atoms with Gasteiger partial charge in [0, 0.05) is 30.7 Å². The van der Waals surface area contributed by atoms with Crippen LogP contribution in [-0.2, 0) is 14.9 Å². The van der Waals surface area contributed by atoms with Crippen molar-refractivity contribution in [3.8, 4) is 0 Å². The van der Waals surface area contributed by atoms with Gasteiger partial charge < -0.3 is 20.3 Å². The van der Waals surface area contributed by atoms with Gasteiger partial charge in [-0.2, -0.15) is 0 Å². The summed E-state index contributed by atoms with van der Waals surface area (Å²) in [4.78, 5) is 26.4. The van der Waals surface area contributed by atoms with Crippen molar-refractivity contribution in [2.45, 2.75) is 57.6 Å². The van der Waals surface area contributed by atoms with Crippen molar-refractivity contribution in [2.75, 3.05) is 25.0 Å². The molecule has 1 spiro atoms. The van der Waals surface area contributed by atoms with E-state index in [0.29, 0.717) is 13.1 Å². The average molecular weight is 359 g/mol. The lowest BCUT2D eigenvalue weighted by Gasteiger charge is -2.40. The van der Waals surface area contributed by atoms with Gasteiger partial charge in [-0.1, -0.05) is 18.2 Å². The Balaban J connectivity index is 1.57. The maximum absolute atomic E-state index is 12.7. The van der Waals surface area contributed by atoms with Gasteiger partial charge >= 0.3 is 6.09 Å². The number of carbonyl (C=O) groups excluding carboxylic acids is 2. The largest absolute Gasteiger partial charge is 0.444 e. The molecule has 1 unspecified atom stereocenters. The Morgan fingerprint density at radius 3 is 2.54 bits per heavy atom. The van der Waals surface area contributed by atoms with E-state index in [1.54, 1.807) is 27.7 Å². The molecule has 1 atom stereocenters. The second-order valence-electron chi connectivity index (χ2n) is 8.37. The van der Waals surface area contributed by atoms with Crippen LogP contribution < -0.4 is 10.6 Å². The number of benzene rings is 1.